The summed E-state index contributed by atoms with van der Waals surface area (Å²) in [6.45, 7) is 4.00. The van der Waals surface area contributed by atoms with Crippen LogP contribution in [-0.2, 0) is 0 Å². The van der Waals surface area contributed by atoms with E-state index in [-0.39, 0.29) is 36.3 Å². The van der Waals surface area contributed by atoms with Gasteiger partial charge in [-0.25, -0.2) is 0 Å². The van der Waals surface area contributed by atoms with E-state index in [9.17, 15) is 4.79 Å². The van der Waals surface area contributed by atoms with Crippen LogP contribution in [0, 0.1) is 0 Å². The number of piperidine rings is 1. The third-order valence-corrected chi connectivity index (χ3v) is 4.01. The molecule has 0 aliphatic carbocycles. The molecule has 6 heteroatoms. The van der Waals surface area contributed by atoms with Crippen molar-refractivity contribution in [2.24, 2.45) is 0 Å². The second kappa shape index (κ2) is 7.77. The van der Waals surface area contributed by atoms with Gasteiger partial charge in [0.15, 0.2) is 0 Å². The molecule has 0 saturated carbocycles. The molecule has 2 N–H and O–H groups in total. The summed E-state index contributed by atoms with van der Waals surface area (Å²) in [5.41, 5.74) is 0.379. The number of halogens is 2. The maximum atomic E-state index is 12.5. The predicted octanol–water partition coefficient (Wildman–Crippen LogP) is 2.95. The summed E-state index contributed by atoms with van der Waals surface area (Å²) in [5.74, 6) is -0.0776. The van der Waals surface area contributed by atoms with Gasteiger partial charge in [-0.2, -0.15) is 0 Å². The van der Waals surface area contributed by atoms with Gasteiger partial charge >= 0.3 is 0 Å². The van der Waals surface area contributed by atoms with E-state index in [1.165, 1.54) is 0 Å². The number of carbonyl (C=O) groups excluding carboxylic acids is 1. The van der Waals surface area contributed by atoms with Crippen LogP contribution in [0.2, 0.25) is 0 Å². The zero-order valence-electron chi connectivity index (χ0n) is 12.5. The molecule has 0 atom stereocenters. The summed E-state index contributed by atoms with van der Waals surface area (Å²) >= 11 is 0. The summed E-state index contributed by atoms with van der Waals surface area (Å²) < 4.78 is 0. The number of benzene rings is 1. The molecule has 2 aromatic rings. The number of nitrogens with zero attached hydrogens (tertiary/aromatic N) is 1. The molecule has 0 radical (unpaired) electrons. The molecule has 0 bridgehead atoms. The first-order valence-electron chi connectivity index (χ1n) is 7.05. The molecule has 1 amide bonds. The first-order chi connectivity index (χ1) is 9.68. The lowest BCUT2D eigenvalue weighted by molar-refractivity contribution is 0.0884. The quantitative estimate of drug-likeness (QED) is 0.882. The molecule has 1 aromatic heterocycles. The minimum absolute atomic E-state index is 0. The van der Waals surface area contributed by atoms with Crippen molar-refractivity contribution < 1.29 is 4.79 Å². The van der Waals surface area contributed by atoms with Crippen molar-refractivity contribution in [1.82, 2.24) is 15.6 Å². The topological polar surface area (TPSA) is 54.0 Å². The summed E-state index contributed by atoms with van der Waals surface area (Å²) in [4.78, 5) is 16.8. The average molecular weight is 342 g/mol. The van der Waals surface area contributed by atoms with Crippen molar-refractivity contribution in [1.29, 1.82) is 0 Å². The number of hydrogen-bond donors (Lipinski definition) is 2. The van der Waals surface area contributed by atoms with E-state index in [0.29, 0.717) is 5.69 Å². The molecule has 1 aliphatic heterocycles. The van der Waals surface area contributed by atoms with Crippen LogP contribution < -0.4 is 10.6 Å². The summed E-state index contributed by atoms with van der Waals surface area (Å²) in [6, 6.07) is 9.78. The Morgan fingerprint density at radius 2 is 1.86 bits per heavy atom. The second-order valence-corrected chi connectivity index (χ2v) is 5.65. The molecule has 1 aromatic carbocycles. The number of rotatable bonds is 2. The number of carbonyl (C=O) groups is 1. The van der Waals surface area contributed by atoms with E-state index in [2.05, 4.69) is 22.5 Å². The predicted molar refractivity (Wildman–Crippen MR) is 94.2 cm³/mol. The van der Waals surface area contributed by atoms with Crippen LogP contribution in [0.25, 0.3) is 10.8 Å². The zero-order chi connectivity index (χ0) is 14.0. The van der Waals surface area contributed by atoms with Gasteiger partial charge in [-0.1, -0.05) is 24.3 Å². The third kappa shape index (κ3) is 3.88. The van der Waals surface area contributed by atoms with Crippen LogP contribution in [0.5, 0.6) is 0 Å². The standard InChI is InChI=1S/C16H19N3O.2ClH/c1-16(7-10-17-11-8-16)19-15(20)14-13-5-3-2-4-12(13)6-9-18-14;;/h2-6,9,17H,7-8,10-11H2,1H3,(H,19,20);2*1H. The number of amides is 1. The molecule has 1 fully saturated rings. The highest BCUT2D eigenvalue weighted by atomic mass is 35.5. The largest absolute Gasteiger partial charge is 0.345 e. The van der Waals surface area contributed by atoms with Gasteiger partial charge in [-0.3, -0.25) is 9.78 Å². The Bertz CT molecular complexity index is 637. The fourth-order valence-corrected chi connectivity index (χ4v) is 2.74. The fraction of sp³-hybridized carbons (Fsp3) is 0.375. The molecule has 2 heterocycles. The highest BCUT2D eigenvalue weighted by Crippen LogP contribution is 2.20. The minimum atomic E-state index is -0.138. The summed E-state index contributed by atoms with van der Waals surface area (Å²) in [5, 5.41) is 8.43. The first kappa shape index (κ1) is 18.7. The lowest BCUT2D eigenvalue weighted by atomic mass is 9.90. The van der Waals surface area contributed by atoms with E-state index < -0.39 is 0 Å². The van der Waals surface area contributed by atoms with Gasteiger partial charge in [-0.05, 0) is 44.3 Å². The van der Waals surface area contributed by atoms with E-state index in [4.69, 9.17) is 0 Å². The summed E-state index contributed by atoms with van der Waals surface area (Å²) in [6.07, 6.45) is 3.59. The van der Waals surface area contributed by atoms with Crippen molar-refractivity contribution in [3.05, 3.63) is 42.2 Å². The number of aromatic nitrogens is 1. The Morgan fingerprint density at radius 3 is 2.59 bits per heavy atom. The van der Waals surface area contributed by atoms with Gasteiger partial charge in [0.2, 0.25) is 0 Å². The molecule has 1 saturated heterocycles. The Morgan fingerprint density at radius 1 is 1.18 bits per heavy atom. The number of hydrogen-bond acceptors (Lipinski definition) is 3. The maximum absolute atomic E-state index is 12.5. The SMILES string of the molecule is CC1(NC(=O)c2nccc3ccccc23)CCNCC1.Cl.Cl. The first-order valence-corrected chi connectivity index (χ1v) is 7.05. The van der Waals surface area contributed by atoms with Gasteiger partial charge in [0.25, 0.3) is 5.91 Å². The Hall–Kier alpha value is -1.36. The van der Waals surface area contributed by atoms with Crippen molar-refractivity contribution in [2.45, 2.75) is 25.3 Å². The van der Waals surface area contributed by atoms with Gasteiger partial charge in [0.05, 0.1) is 0 Å². The van der Waals surface area contributed by atoms with Crippen molar-refractivity contribution in [3.8, 4) is 0 Å². The van der Waals surface area contributed by atoms with Crippen molar-refractivity contribution in [3.63, 3.8) is 0 Å². The van der Waals surface area contributed by atoms with Gasteiger partial charge in [0.1, 0.15) is 5.69 Å². The minimum Gasteiger partial charge on any atom is -0.345 e. The van der Waals surface area contributed by atoms with Crippen LogP contribution in [-0.4, -0.2) is 29.5 Å². The monoisotopic (exact) mass is 341 g/mol. The van der Waals surface area contributed by atoms with Gasteiger partial charge in [0, 0.05) is 17.1 Å². The number of pyridine rings is 1. The Kier molecular flexibility index (Phi) is 6.60. The van der Waals surface area contributed by atoms with Crippen molar-refractivity contribution in [2.75, 3.05) is 13.1 Å². The summed E-state index contributed by atoms with van der Waals surface area (Å²) in [7, 11) is 0. The van der Waals surface area contributed by atoms with Crippen molar-refractivity contribution >= 4 is 41.5 Å². The van der Waals surface area contributed by atoms with Crippen LogP contribution in [0.4, 0.5) is 0 Å². The Labute approximate surface area is 142 Å². The molecule has 120 valence electrons. The lowest BCUT2D eigenvalue weighted by Gasteiger charge is -2.34. The lowest BCUT2D eigenvalue weighted by Crippen LogP contribution is -2.52. The van der Waals surface area contributed by atoms with Crippen LogP contribution >= 0.6 is 24.8 Å². The van der Waals surface area contributed by atoms with E-state index >= 15 is 0 Å². The Balaban J connectivity index is 0.00000121. The van der Waals surface area contributed by atoms with E-state index in [1.807, 2.05) is 30.3 Å². The highest BCUT2D eigenvalue weighted by Gasteiger charge is 2.29. The van der Waals surface area contributed by atoms with Crippen LogP contribution in [0.3, 0.4) is 0 Å². The van der Waals surface area contributed by atoms with E-state index in [1.54, 1.807) is 6.20 Å². The average Bonchev–Trinajstić information content (AvgIpc) is 2.47. The van der Waals surface area contributed by atoms with Crippen LogP contribution in [0.1, 0.15) is 30.3 Å². The highest BCUT2D eigenvalue weighted by molar-refractivity contribution is 6.05. The molecular weight excluding hydrogens is 321 g/mol. The second-order valence-electron chi connectivity index (χ2n) is 5.65. The van der Waals surface area contributed by atoms with Gasteiger partial charge < -0.3 is 10.6 Å². The molecule has 1 aliphatic rings. The fourth-order valence-electron chi connectivity index (χ4n) is 2.74. The molecular formula is C16H21Cl2N3O. The number of nitrogens with one attached hydrogen (secondary N) is 2. The third-order valence-electron chi connectivity index (χ3n) is 4.01. The van der Waals surface area contributed by atoms with E-state index in [0.717, 1.165) is 36.7 Å². The molecule has 22 heavy (non-hydrogen) atoms. The molecule has 3 rings (SSSR count). The molecule has 0 unspecified atom stereocenters. The molecule has 4 nitrogen and oxygen atoms in total. The normalized spacial score (nSPS) is 16.2. The maximum Gasteiger partial charge on any atom is 0.270 e. The van der Waals surface area contributed by atoms with Gasteiger partial charge in [-0.15, -0.1) is 24.8 Å². The van der Waals surface area contributed by atoms with Crippen LogP contribution in [0.15, 0.2) is 36.5 Å². The zero-order valence-corrected chi connectivity index (χ0v) is 14.1. The molecule has 0 spiro atoms. The number of fused-ring (bicyclic) bond motifs is 1. The smallest absolute Gasteiger partial charge is 0.270 e.